The number of aromatic nitrogens is 1. The molecule has 0 aliphatic rings. The monoisotopic (exact) mass is 275 g/mol. The summed E-state index contributed by atoms with van der Waals surface area (Å²) >= 11 is 6.07. The van der Waals surface area contributed by atoms with Crippen LogP contribution in [0.15, 0.2) is 36.7 Å². The van der Waals surface area contributed by atoms with Gasteiger partial charge in [-0.25, -0.2) is 4.79 Å². The number of carboxylic acid groups (broad SMARTS) is 1. The topological polar surface area (TPSA) is 50.2 Å². The lowest BCUT2D eigenvalue weighted by molar-refractivity contribution is 0.0695. The van der Waals surface area contributed by atoms with Gasteiger partial charge in [0.25, 0.3) is 0 Å². The molecular weight excluding hydrogens is 262 g/mol. The van der Waals surface area contributed by atoms with Gasteiger partial charge >= 0.3 is 5.97 Å². The normalized spacial score (nSPS) is 10.4. The third-order valence-corrected chi connectivity index (χ3v) is 3.46. The SMILES string of the molecule is Cc1ccc(CCc2cnccc2C(=O)O)cc1Cl. The number of pyridine rings is 1. The Morgan fingerprint density at radius 3 is 2.79 bits per heavy atom. The highest BCUT2D eigenvalue weighted by atomic mass is 35.5. The Hall–Kier alpha value is -1.87. The Morgan fingerprint density at radius 1 is 1.32 bits per heavy atom. The molecule has 0 fully saturated rings. The van der Waals surface area contributed by atoms with Crippen molar-refractivity contribution in [2.24, 2.45) is 0 Å². The van der Waals surface area contributed by atoms with Crippen molar-refractivity contribution in [1.82, 2.24) is 4.98 Å². The molecule has 0 unspecified atom stereocenters. The van der Waals surface area contributed by atoms with Gasteiger partial charge in [0.15, 0.2) is 0 Å². The molecule has 3 nitrogen and oxygen atoms in total. The highest BCUT2D eigenvalue weighted by Gasteiger charge is 2.09. The molecule has 0 spiro atoms. The van der Waals surface area contributed by atoms with E-state index in [1.165, 1.54) is 12.3 Å². The van der Waals surface area contributed by atoms with Gasteiger partial charge in [0.05, 0.1) is 5.56 Å². The lowest BCUT2D eigenvalue weighted by Gasteiger charge is -2.06. The summed E-state index contributed by atoms with van der Waals surface area (Å²) in [5.41, 5.74) is 3.19. The van der Waals surface area contributed by atoms with Crippen LogP contribution in [0.1, 0.15) is 27.0 Å². The third kappa shape index (κ3) is 3.32. The van der Waals surface area contributed by atoms with E-state index in [0.29, 0.717) is 12.0 Å². The van der Waals surface area contributed by atoms with Crippen LogP contribution in [0.2, 0.25) is 5.02 Å². The lowest BCUT2D eigenvalue weighted by atomic mass is 10.0. The number of aromatic carboxylic acids is 1. The Morgan fingerprint density at radius 2 is 2.11 bits per heavy atom. The van der Waals surface area contributed by atoms with Gasteiger partial charge in [0.1, 0.15) is 0 Å². The first-order valence-electron chi connectivity index (χ1n) is 5.99. The second kappa shape index (κ2) is 5.85. The summed E-state index contributed by atoms with van der Waals surface area (Å²) in [6.45, 7) is 1.95. The van der Waals surface area contributed by atoms with Gasteiger partial charge < -0.3 is 5.11 Å². The van der Waals surface area contributed by atoms with Gasteiger partial charge in [0.2, 0.25) is 0 Å². The van der Waals surface area contributed by atoms with E-state index < -0.39 is 5.97 Å². The first kappa shape index (κ1) is 13.6. The average molecular weight is 276 g/mol. The van der Waals surface area contributed by atoms with E-state index in [2.05, 4.69) is 4.98 Å². The van der Waals surface area contributed by atoms with Crippen molar-refractivity contribution < 1.29 is 9.90 Å². The zero-order valence-electron chi connectivity index (χ0n) is 10.6. The summed E-state index contributed by atoms with van der Waals surface area (Å²) in [5, 5.41) is 9.83. The average Bonchev–Trinajstić information content (AvgIpc) is 2.40. The molecule has 0 amide bonds. The van der Waals surface area contributed by atoms with E-state index in [9.17, 15) is 4.79 Å². The molecule has 0 aliphatic carbocycles. The molecule has 1 heterocycles. The fourth-order valence-electron chi connectivity index (χ4n) is 1.91. The number of carbonyl (C=O) groups is 1. The van der Waals surface area contributed by atoms with E-state index in [4.69, 9.17) is 16.7 Å². The Balaban J connectivity index is 2.14. The molecule has 19 heavy (non-hydrogen) atoms. The summed E-state index contributed by atoms with van der Waals surface area (Å²) in [7, 11) is 0. The van der Waals surface area contributed by atoms with Gasteiger partial charge in [-0.3, -0.25) is 4.98 Å². The van der Waals surface area contributed by atoms with Crippen molar-refractivity contribution >= 4 is 17.6 Å². The van der Waals surface area contributed by atoms with E-state index in [1.807, 2.05) is 25.1 Å². The van der Waals surface area contributed by atoms with Crippen LogP contribution in [0.5, 0.6) is 0 Å². The first-order valence-corrected chi connectivity index (χ1v) is 6.37. The van der Waals surface area contributed by atoms with Gasteiger partial charge in [-0.05, 0) is 48.6 Å². The van der Waals surface area contributed by atoms with Crippen molar-refractivity contribution in [2.75, 3.05) is 0 Å². The quantitative estimate of drug-likeness (QED) is 0.929. The molecule has 4 heteroatoms. The smallest absolute Gasteiger partial charge is 0.336 e. The van der Waals surface area contributed by atoms with Crippen LogP contribution < -0.4 is 0 Å². The van der Waals surface area contributed by atoms with Crippen molar-refractivity contribution in [3.63, 3.8) is 0 Å². The molecule has 0 atom stereocenters. The van der Waals surface area contributed by atoms with Gasteiger partial charge in [-0.15, -0.1) is 0 Å². The second-order valence-electron chi connectivity index (χ2n) is 4.42. The number of carboxylic acids is 1. The minimum Gasteiger partial charge on any atom is -0.478 e. The van der Waals surface area contributed by atoms with Crippen molar-refractivity contribution in [2.45, 2.75) is 19.8 Å². The highest BCUT2D eigenvalue weighted by Crippen LogP contribution is 2.18. The minimum absolute atomic E-state index is 0.313. The molecule has 0 saturated heterocycles. The Labute approximate surface area is 116 Å². The maximum atomic E-state index is 11.1. The molecule has 0 bridgehead atoms. The summed E-state index contributed by atoms with van der Waals surface area (Å²) in [4.78, 5) is 15.1. The number of halogens is 1. The third-order valence-electron chi connectivity index (χ3n) is 3.05. The Kier molecular flexibility index (Phi) is 4.17. The zero-order chi connectivity index (χ0) is 13.8. The molecule has 1 aromatic carbocycles. The van der Waals surface area contributed by atoms with E-state index >= 15 is 0 Å². The number of hydrogen-bond donors (Lipinski definition) is 1. The van der Waals surface area contributed by atoms with Crippen LogP contribution in [0.3, 0.4) is 0 Å². The van der Waals surface area contributed by atoms with Crippen LogP contribution in [-0.4, -0.2) is 16.1 Å². The van der Waals surface area contributed by atoms with Gasteiger partial charge in [-0.2, -0.15) is 0 Å². The standard InChI is InChI=1S/C15H14ClNO2/c1-10-2-3-11(8-14(10)16)4-5-12-9-17-7-6-13(12)15(18)19/h2-3,6-9H,4-5H2,1H3,(H,18,19). The fraction of sp³-hybridized carbons (Fsp3) is 0.200. The maximum absolute atomic E-state index is 11.1. The second-order valence-corrected chi connectivity index (χ2v) is 4.83. The molecule has 98 valence electrons. The van der Waals surface area contributed by atoms with Crippen LogP contribution in [0.25, 0.3) is 0 Å². The van der Waals surface area contributed by atoms with Crippen LogP contribution in [0, 0.1) is 6.92 Å². The molecular formula is C15H14ClNO2. The molecule has 1 aromatic heterocycles. The minimum atomic E-state index is -0.917. The summed E-state index contributed by atoms with van der Waals surface area (Å²) in [6.07, 6.45) is 4.48. The van der Waals surface area contributed by atoms with Crippen LogP contribution in [0.4, 0.5) is 0 Å². The Bertz CT molecular complexity index is 611. The molecule has 0 saturated carbocycles. The largest absolute Gasteiger partial charge is 0.478 e. The molecule has 0 radical (unpaired) electrons. The number of rotatable bonds is 4. The van der Waals surface area contributed by atoms with E-state index in [0.717, 1.165) is 28.1 Å². The first-order chi connectivity index (χ1) is 9.08. The van der Waals surface area contributed by atoms with E-state index in [1.54, 1.807) is 6.20 Å². The van der Waals surface area contributed by atoms with Crippen LogP contribution in [-0.2, 0) is 12.8 Å². The molecule has 2 rings (SSSR count). The van der Waals surface area contributed by atoms with Gasteiger partial charge in [-0.1, -0.05) is 23.7 Å². The summed E-state index contributed by atoms with van der Waals surface area (Å²) < 4.78 is 0. The lowest BCUT2D eigenvalue weighted by Crippen LogP contribution is -2.04. The number of aryl methyl sites for hydroxylation is 3. The van der Waals surface area contributed by atoms with Gasteiger partial charge in [0, 0.05) is 17.4 Å². The van der Waals surface area contributed by atoms with E-state index in [-0.39, 0.29) is 0 Å². The number of hydrogen-bond acceptors (Lipinski definition) is 2. The van der Waals surface area contributed by atoms with Crippen molar-refractivity contribution in [3.8, 4) is 0 Å². The predicted molar refractivity (Wildman–Crippen MR) is 74.8 cm³/mol. The summed E-state index contributed by atoms with van der Waals surface area (Å²) in [6, 6.07) is 7.44. The molecule has 0 aliphatic heterocycles. The summed E-state index contributed by atoms with van der Waals surface area (Å²) in [5.74, 6) is -0.917. The number of benzene rings is 1. The maximum Gasteiger partial charge on any atom is 0.336 e. The van der Waals surface area contributed by atoms with Crippen LogP contribution >= 0.6 is 11.6 Å². The van der Waals surface area contributed by atoms with Crippen molar-refractivity contribution in [3.05, 3.63) is 63.9 Å². The molecule has 1 N–H and O–H groups in total. The predicted octanol–water partition coefficient (Wildman–Crippen LogP) is 3.53. The fourth-order valence-corrected chi connectivity index (χ4v) is 2.11. The zero-order valence-corrected chi connectivity index (χ0v) is 11.3. The van der Waals surface area contributed by atoms with Crippen molar-refractivity contribution in [1.29, 1.82) is 0 Å². The molecule has 2 aromatic rings. The highest BCUT2D eigenvalue weighted by molar-refractivity contribution is 6.31. The number of nitrogens with zero attached hydrogens (tertiary/aromatic N) is 1.